The van der Waals surface area contributed by atoms with Crippen LogP contribution < -0.4 is 5.32 Å². The zero-order valence-electron chi connectivity index (χ0n) is 9.03. The molecule has 0 fully saturated rings. The first-order valence-corrected chi connectivity index (χ1v) is 5.72. The first-order valence-electron chi connectivity index (χ1n) is 5.34. The van der Waals surface area contributed by atoms with Crippen LogP contribution in [-0.4, -0.2) is 17.6 Å². The molecule has 2 rings (SSSR count). The molecular weight excluding hydrogens is 226 g/mol. The van der Waals surface area contributed by atoms with E-state index < -0.39 is 5.97 Å². The van der Waals surface area contributed by atoms with Crippen LogP contribution in [0.2, 0.25) is 5.02 Å². The Kier molecular flexibility index (Phi) is 3.06. The summed E-state index contributed by atoms with van der Waals surface area (Å²) in [6.45, 7) is 2.52. The molecule has 1 aromatic rings. The van der Waals surface area contributed by atoms with Crippen LogP contribution in [0, 0.1) is 5.92 Å². The minimum absolute atomic E-state index is 0.250. The molecule has 86 valence electrons. The lowest BCUT2D eigenvalue weighted by molar-refractivity contribution is -0.141. The fourth-order valence-corrected chi connectivity index (χ4v) is 2.39. The maximum atomic E-state index is 10.8. The number of benzene rings is 1. The Morgan fingerprint density at radius 2 is 2.44 bits per heavy atom. The van der Waals surface area contributed by atoms with E-state index in [1.54, 1.807) is 6.92 Å². The van der Waals surface area contributed by atoms with Gasteiger partial charge in [0.15, 0.2) is 0 Å². The number of hydrogen-bond acceptors (Lipinski definition) is 2. The van der Waals surface area contributed by atoms with Crippen LogP contribution in [0.4, 0.5) is 5.69 Å². The van der Waals surface area contributed by atoms with Crippen LogP contribution in [-0.2, 0) is 4.79 Å². The molecule has 1 heterocycles. The van der Waals surface area contributed by atoms with Gasteiger partial charge in [-0.05, 0) is 18.1 Å². The summed E-state index contributed by atoms with van der Waals surface area (Å²) in [5, 5.41) is 12.8. The fraction of sp³-hybridized carbons (Fsp3) is 0.417. The molecule has 0 saturated heterocycles. The molecule has 1 aliphatic rings. The van der Waals surface area contributed by atoms with Crippen molar-refractivity contribution in [1.29, 1.82) is 0 Å². The molecule has 2 atom stereocenters. The van der Waals surface area contributed by atoms with E-state index >= 15 is 0 Å². The van der Waals surface area contributed by atoms with E-state index in [1.165, 1.54) is 0 Å². The summed E-state index contributed by atoms with van der Waals surface area (Å²) in [5.41, 5.74) is 2.10. The van der Waals surface area contributed by atoms with Crippen LogP contribution in [0.5, 0.6) is 0 Å². The van der Waals surface area contributed by atoms with Crippen LogP contribution in [0.25, 0.3) is 0 Å². The highest BCUT2D eigenvalue weighted by Gasteiger charge is 2.27. The number of para-hydroxylation sites is 1. The van der Waals surface area contributed by atoms with Gasteiger partial charge in [0, 0.05) is 12.5 Å². The maximum absolute atomic E-state index is 10.8. The highest BCUT2D eigenvalue weighted by atomic mass is 35.5. The summed E-state index contributed by atoms with van der Waals surface area (Å²) in [6.07, 6.45) is 0.648. The molecule has 0 spiro atoms. The van der Waals surface area contributed by atoms with E-state index in [0.717, 1.165) is 17.8 Å². The van der Waals surface area contributed by atoms with Gasteiger partial charge < -0.3 is 10.4 Å². The van der Waals surface area contributed by atoms with Crippen molar-refractivity contribution in [2.45, 2.75) is 19.3 Å². The minimum atomic E-state index is -0.740. The number of anilines is 1. The second-order valence-corrected chi connectivity index (χ2v) is 4.66. The average molecular weight is 240 g/mol. The van der Waals surface area contributed by atoms with Gasteiger partial charge in [0.1, 0.15) is 0 Å². The third-order valence-electron chi connectivity index (χ3n) is 3.07. The van der Waals surface area contributed by atoms with E-state index in [4.69, 9.17) is 16.7 Å². The molecule has 2 N–H and O–H groups in total. The Balaban J connectivity index is 2.18. The van der Waals surface area contributed by atoms with Gasteiger partial charge in [0.2, 0.25) is 0 Å². The second kappa shape index (κ2) is 4.34. The summed E-state index contributed by atoms with van der Waals surface area (Å²) in [7, 11) is 0. The van der Waals surface area contributed by atoms with Crippen LogP contribution in [0.1, 0.15) is 24.8 Å². The molecule has 1 aliphatic heterocycles. The molecule has 4 heteroatoms. The van der Waals surface area contributed by atoms with Crippen molar-refractivity contribution in [3.63, 3.8) is 0 Å². The van der Waals surface area contributed by atoms with Crippen molar-refractivity contribution >= 4 is 23.3 Å². The van der Waals surface area contributed by atoms with Crippen molar-refractivity contribution in [1.82, 2.24) is 0 Å². The first kappa shape index (κ1) is 11.3. The van der Waals surface area contributed by atoms with Gasteiger partial charge in [-0.15, -0.1) is 0 Å². The molecule has 2 unspecified atom stereocenters. The van der Waals surface area contributed by atoms with Gasteiger partial charge in [-0.25, -0.2) is 0 Å². The first-order chi connectivity index (χ1) is 7.59. The Bertz CT molecular complexity index is 419. The number of halogens is 1. The molecule has 0 radical (unpaired) electrons. The maximum Gasteiger partial charge on any atom is 0.306 e. The Morgan fingerprint density at radius 3 is 3.12 bits per heavy atom. The normalized spacial score (nSPS) is 20.0. The van der Waals surface area contributed by atoms with E-state index in [2.05, 4.69) is 5.32 Å². The molecule has 0 bridgehead atoms. The Labute approximate surface area is 99.4 Å². The monoisotopic (exact) mass is 239 g/mol. The number of carboxylic acids is 1. The number of nitrogens with one attached hydrogen (secondary N) is 1. The lowest BCUT2D eigenvalue weighted by atomic mass is 9.91. The topological polar surface area (TPSA) is 49.3 Å². The second-order valence-electron chi connectivity index (χ2n) is 4.26. The van der Waals surface area contributed by atoms with E-state index in [1.807, 2.05) is 18.2 Å². The number of rotatable bonds is 3. The van der Waals surface area contributed by atoms with Crippen molar-refractivity contribution in [2.24, 2.45) is 5.92 Å². The van der Waals surface area contributed by atoms with Crippen molar-refractivity contribution in [2.75, 3.05) is 11.9 Å². The van der Waals surface area contributed by atoms with Crippen molar-refractivity contribution in [3.8, 4) is 0 Å². The Morgan fingerprint density at radius 1 is 1.69 bits per heavy atom. The Hall–Kier alpha value is -1.22. The average Bonchev–Trinajstić information content (AvgIpc) is 2.63. The van der Waals surface area contributed by atoms with Crippen LogP contribution in [0.15, 0.2) is 18.2 Å². The van der Waals surface area contributed by atoms with E-state index in [0.29, 0.717) is 11.4 Å². The number of aliphatic carboxylic acids is 1. The summed E-state index contributed by atoms with van der Waals surface area (Å²) in [6, 6.07) is 5.77. The smallest absolute Gasteiger partial charge is 0.306 e. The van der Waals surface area contributed by atoms with E-state index in [9.17, 15) is 4.79 Å². The van der Waals surface area contributed by atoms with Crippen molar-refractivity contribution in [3.05, 3.63) is 28.8 Å². The molecule has 0 saturated carbocycles. The van der Waals surface area contributed by atoms with Gasteiger partial charge in [0.05, 0.1) is 16.6 Å². The lowest BCUT2D eigenvalue weighted by Gasteiger charge is -2.13. The molecule has 3 nitrogen and oxygen atoms in total. The molecule has 1 aromatic carbocycles. The quantitative estimate of drug-likeness (QED) is 0.853. The number of hydrogen-bond donors (Lipinski definition) is 2. The minimum Gasteiger partial charge on any atom is -0.481 e. The molecule has 16 heavy (non-hydrogen) atoms. The summed E-state index contributed by atoms with van der Waals surface area (Å²) in [5.74, 6) is -0.813. The SMILES string of the molecule is CC(CC1CNc2c(Cl)cccc21)C(=O)O. The number of fused-ring (bicyclic) bond motifs is 1. The predicted octanol–water partition coefficient (Wildman–Crippen LogP) is 2.96. The third-order valence-corrected chi connectivity index (χ3v) is 3.39. The van der Waals surface area contributed by atoms with Crippen LogP contribution >= 0.6 is 11.6 Å². The van der Waals surface area contributed by atoms with Crippen LogP contribution in [0.3, 0.4) is 0 Å². The molecule has 0 amide bonds. The van der Waals surface area contributed by atoms with Gasteiger partial charge in [-0.1, -0.05) is 30.7 Å². The largest absolute Gasteiger partial charge is 0.481 e. The third kappa shape index (κ3) is 2.00. The summed E-state index contributed by atoms with van der Waals surface area (Å²) >= 11 is 6.06. The highest BCUT2D eigenvalue weighted by Crippen LogP contribution is 2.39. The van der Waals surface area contributed by atoms with Crippen molar-refractivity contribution < 1.29 is 9.90 Å². The zero-order valence-corrected chi connectivity index (χ0v) is 9.79. The van der Waals surface area contributed by atoms with Gasteiger partial charge >= 0.3 is 5.97 Å². The lowest BCUT2D eigenvalue weighted by Crippen LogP contribution is -2.14. The van der Waals surface area contributed by atoms with Gasteiger partial charge in [-0.2, -0.15) is 0 Å². The van der Waals surface area contributed by atoms with Gasteiger partial charge in [-0.3, -0.25) is 4.79 Å². The highest BCUT2D eigenvalue weighted by molar-refractivity contribution is 6.33. The van der Waals surface area contributed by atoms with Gasteiger partial charge in [0.25, 0.3) is 0 Å². The molecule has 0 aromatic heterocycles. The summed E-state index contributed by atoms with van der Waals surface area (Å²) < 4.78 is 0. The molecular formula is C12H14ClNO2. The number of carbonyl (C=O) groups is 1. The zero-order chi connectivity index (χ0) is 11.7. The standard InChI is InChI=1S/C12H14ClNO2/c1-7(12(15)16)5-8-6-14-11-9(8)3-2-4-10(11)13/h2-4,7-8,14H,5-6H2,1H3,(H,15,16). The summed E-state index contributed by atoms with van der Waals surface area (Å²) in [4.78, 5) is 10.8. The predicted molar refractivity (Wildman–Crippen MR) is 64.1 cm³/mol. The fourth-order valence-electron chi connectivity index (χ4n) is 2.14. The van der Waals surface area contributed by atoms with E-state index in [-0.39, 0.29) is 11.8 Å². The number of carboxylic acid groups (broad SMARTS) is 1. The molecule has 0 aliphatic carbocycles.